The van der Waals surface area contributed by atoms with Crippen molar-refractivity contribution < 1.29 is 23.5 Å². The first-order chi connectivity index (χ1) is 23.7. The number of carboxylic acid groups (broad SMARTS) is 1. The van der Waals surface area contributed by atoms with Crippen molar-refractivity contribution in [2.45, 2.75) is 37.1 Å². The lowest BCUT2D eigenvalue weighted by molar-refractivity contribution is -0.124. The monoisotopic (exact) mass is 661 g/mol. The molecule has 0 aliphatic carbocycles. The zero-order valence-electron chi connectivity index (χ0n) is 27.0. The number of nitrogens with zero attached hydrogens (tertiary/aromatic N) is 5. The maximum Gasteiger partial charge on any atom is 0.407 e. The molecule has 3 aliphatic heterocycles. The van der Waals surface area contributed by atoms with Crippen LogP contribution in [0.3, 0.4) is 0 Å². The van der Waals surface area contributed by atoms with Crippen LogP contribution in [0.25, 0.3) is 10.9 Å². The van der Waals surface area contributed by atoms with Gasteiger partial charge in [0.1, 0.15) is 5.54 Å². The molecule has 0 radical (unpaired) electrons. The van der Waals surface area contributed by atoms with Crippen molar-refractivity contribution in [3.8, 4) is 0 Å². The summed E-state index contributed by atoms with van der Waals surface area (Å²) in [5.74, 6) is -2.21. The maximum atomic E-state index is 14.5. The zero-order valence-corrected chi connectivity index (χ0v) is 27.0. The fourth-order valence-corrected chi connectivity index (χ4v) is 8.18. The third-order valence-corrected chi connectivity index (χ3v) is 10.8. The molecule has 49 heavy (non-hydrogen) atoms. The van der Waals surface area contributed by atoms with Crippen LogP contribution in [0.15, 0.2) is 109 Å². The number of likely N-dealkylation sites (tertiary alicyclic amines) is 1. The number of carbonyl (C=O) groups excluding carboxylic acids is 1. The Morgan fingerprint density at radius 3 is 1.82 bits per heavy atom. The van der Waals surface area contributed by atoms with Gasteiger partial charge in [-0.05, 0) is 47.7 Å². The predicted molar refractivity (Wildman–Crippen MR) is 184 cm³/mol. The lowest BCUT2D eigenvalue weighted by Gasteiger charge is -2.37. The van der Waals surface area contributed by atoms with Gasteiger partial charge in [-0.25, -0.2) is 18.3 Å². The largest absolute Gasteiger partial charge is 0.465 e. The van der Waals surface area contributed by atoms with E-state index in [1.165, 1.54) is 4.90 Å². The van der Waals surface area contributed by atoms with E-state index in [2.05, 4.69) is 36.4 Å². The highest BCUT2D eigenvalue weighted by Gasteiger charge is 2.52. The summed E-state index contributed by atoms with van der Waals surface area (Å²) in [5, 5.41) is 15.7. The molecular formula is C39H37F2N5O3. The predicted octanol–water partition coefficient (Wildman–Crippen LogP) is 7.22. The summed E-state index contributed by atoms with van der Waals surface area (Å²) < 4.78 is 31.0. The topological polar surface area (TPSA) is 81.9 Å². The summed E-state index contributed by atoms with van der Waals surface area (Å²) in [4.78, 5) is 30.7. The number of halogens is 2. The number of fused-ring (bicyclic) bond motifs is 1. The number of anilines is 2. The molecule has 1 N–H and O–H groups in total. The van der Waals surface area contributed by atoms with Crippen LogP contribution in [0, 0.1) is 5.41 Å². The Morgan fingerprint density at radius 2 is 1.29 bits per heavy atom. The van der Waals surface area contributed by atoms with Gasteiger partial charge in [-0.3, -0.25) is 4.79 Å². The summed E-state index contributed by atoms with van der Waals surface area (Å²) in [6.45, 7) is 1.30. The molecule has 8 rings (SSSR count). The number of aromatic nitrogens is 2. The highest BCUT2D eigenvalue weighted by molar-refractivity contribution is 6.03. The Labute approximate surface area is 283 Å². The first kappa shape index (κ1) is 31.0. The molecule has 1 unspecified atom stereocenters. The van der Waals surface area contributed by atoms with Crippen LogP contribution in [0.2, 0.25) is 0 Å². The molecule has 1 atom stereocenters. The Morgan fingerprint density at radius 1 is 0.735 bits per heavy atom. The van der Waals surface area contributed by atoms with E-state index in [9.17, 15) is 23.5 Å². The minimum atomic E-state index is -2.73. The van der Waals surface area contributed by atoms with Crippen LogP contribution in [-0.4, -0.2) is 70.4 Å². The van der Waals surface area contributed by atoms with Gasteiger partial charge in [0.05, 0.1) is 10.9 Å². The van der Waals surface area contributed by atoms with Gasteiger partial charge >= 0.3 is 6.09 Å². The van der Waals surface area contributed by atoms with Crippen molar-refractivity contribution in [2.24, 2.45) is 5.41 Å². The average Bonchev–Trinajstić information content (AvgIpc) is 3.83. The number of alkyl halides is 2. The van der Waals surface area contributed by atoms with Crippen LogP contribution < -0.4 is 9.80 Å². The third-order valence-electron chi connectivity index (χ3n) is 10.8. The number of piperidine rings is 1. The Hall–Kier alpha value is -5.25. The van der Waals surface area contributed by atoms with Gasteiger partial charge in [0, 0.05) is 56.6 Å². The van der Waals surface area contributed by atoms with Crippen molar-refractivity contribution >= 4 is 34.4 Å². The minimum absolute atomic E-state index is 0.0747. The number of hydrogen-bond acceptors (Lipinski definition) is 4. The second kappa shape index (κ2) is 11.7. The summed E-state index contributed by atoms with van der Waals surface area (Å²) in [6, 6.07) is 36.4. The Bertz CT molecular complexity index is 1910. The van der Waals surface area contributed by atoms with E-state index in [0.29, 0.717) is 37.4 Å². The average molecular weight is 662 g/mol. The molecule has 8 nitrogen and oxygen atoms in total. The quantitative estimate of drug-likeness (QED) is 0.195. The first-order valence-corrected chi connectivity index (χ1v) is 16.8. The highest BCUT2D eigenvalue weighted by Crippen LogP contribution is 2.47. The SMILES string of the molecule is O=C(O)N1CCC2(CCN(c3ccc4c(c3)c(N3CCC(F)(F)CC3)nn4C(c3ccccc3)(c3ccccc3)c3ccccc3)C2=O)C1. The number of rotatable bonds is 6. The van der Waals surface area contributed by atoms with Crippen molar-refractivity contribution in [1.82, 2.24) is 14.7 Å². The van der Waals surface area contributed by atoms with Crippen LogP contribution >= 0.6 is 0 Å². The van der Waals surface area contributed by atoms with E-state index >= 15 is 0 Å². The van der Waals surface area contributed by atoms with Gasteiger partial charge < -0.3 is 19.8 Å². The molecule has 3 saturated heterocycles. The van der Waals surface area contributed by atoms with Gasteiger partial charge in [-0.2, -0.15) is 5.10 Å². The lowest BCUT2D eigenvalue weighted by atomic mass is 9.77. The molecular weight excluding hydrogens is 624 g/mol. The zero-order chi connectivity index (χ0) is 33.8. The summed E-state index contributed by atoms with van der Waals surface area (Å²) >= 11 is 0. The van der Waals surface area contributed by atoms with Crippen LogP contribution in [0.1, 0.15) is 42.4 Å². The molecule has 1 aromatic heterocycles. The van der Waals surface area contributed by atoms with Crippen LogP contribution in [-0.2, 0) is 10.3 Å². The number of carbonyl (C=O) groups is 2. The summed E-state index contributed by atoms with van der Waals surface area (Å²) in [5.41, 5.74) is 2.78. The lowest BCUT2D eigenvalue weighted by Crippen LogP contribution is -2.41. The van der Waals surface area contributed by atoms with Crippen molar-refractivity contribution in [2.75, 3.05) is 42.5 Å². The van der Waals surface area contributed by atoms with Gasteiger partial charge in [-0.1, -0.05) is 91.0 Å². The summed E-state index contributed by atoms with van der Waals surface area (Å²) in [6.07, 6.45) is -0.478. The van der Waals surface area contributed by atoms with E-state index in [0.717, 1.165) is 27.6 Å². The number of benzene rings is 4. The standard InChI is InChI=1S/C39H37F2N5O3/c40-38(41)20-23-43(24-21-38)34-32-26-31(45-25-19-37(35(45)47)18-22-44(27-37)36(48)49)16-17-33(32)46(42-34)39(28-10-4-1-5-11-28,29-12-6-2-7-13-29)30-14-8-3-9-15-30/h1-17,26H,18-25,27H2,(H,48,49). The van der Waals surface area contributed by atoms with Crippen molar-refractivity contribution in [1.29, 1.82) is 0 Å². The number of amides is 2. The van der Waals surface area contributed by atoms with E-state index in [1.54, 1.807) is 4.90 Å². The van der Waals surface area contributed by atoms with E-state index in [4.69, 9.17) is 5.10 Å². The van der Waals surface area contributed by atoms with Crippen LogP contribution in [0.4, 0.5) is 25.1 Å². The van der Waals surface area contributed by atoms with Gasteiger partial charge in [0.25, 0.3) is 5.92 Å². The molecule has 10 heteroatoms. The minimum Gasteiger partial charge on any atom is -0.465 e. The molecule has 1 spiro atoms. The van der Waals surface area contributed by atoms with Crippen molar-refractivity contribution in [3.05, 3.63) is 126 Å². The normalized spacial score (nSPS) is 20.9. The van der Waals surface area contributed by atoms with E-state index in [-0.39, 0.29) is 38.4 Å². The molecule has 4 aromatic carbocycles. The molecule has 0 bridgehead atoms. The molecule has 3 aliphatic rings. The first-order valence-electron chi connectivity index (χ1n) is 16.8. The number of hydrogen-bond donors (Lipinski definition) is 1. The van der Waals surface area contributed by atoms with E-state index in [1.807, 2.05) is 82.4 Å². The Balaban J connectivity index is 1.34. The Kier molecular flexibility index (Phi) is 7.42. The van der Waals surface area contributed by atoms with Crippen LogP contribution in [0.5, 0.6) is 0 Å². The molecule has 4 heterocycles. The molecule has 250 valence electrons. The van der Waals surface area contributed by atoms with Gasteiger partial charge in [0.2, 0.25) is 5.91 Å². The molecule has 3 fully saturated rings. The van der Waals surface area contributed by atoms with Gasteiger partial charge in [-0.15, -0.1) is 0 Å². The molecule has 0 saturated carbocycles. The second-order valence-electron chi connectivity index (χ2n) is 13.5. The molecule has 2 amide bonds. The van der Waals surface area contributed by atoms with Crippen molar-refractivity contribution in [3.63, 3.8) is 0 Å². The maximum absolute atomic E-state index is 14.5. The van der Waals surface area contributed by atoms with E-state index < -0.39 is 23.0 Å². The highest BCUT2D eigenvalue weighted by atomic mass is 19.3. The summed E-state index contributed by atoms with van der Waals surface area (Å²) in [7, 11) is 0. The fourth-order valence-electron chi connectivity index (χ4n) is 8.18. The molecule has 5 aromatic rings. The third kappa shape index (κ3) is 5.03. The second-order valence-corrected chi connectivity index (χ2v) is 13.5. The smallest absolute Gasteiger partial charge is 0.407 e. The van der Waals surface area contributed by atoms with Gasteiger partial charge in [0.15, 0.2) is 5.82 Å². The fraction of sp³-hybridized carbons (Fsp3) is 0.308.